The predicted molar refractivity (Wildman–Crippen MR) is 248 cm³/mol. The second-order valence-corrected chi connectivity index (χ2v) is 18.5. The molecule has 0 amide bonds. The molecule has 0 aliphatic carbocycles. The monoisotopic (exact) mass is 858 g/mol. The van der Waals surface area contributed by atoms with Crippen LogP contribution in [0.25, 0.3) is 0 Å². The second kappa shape index (κ2) is 46.3. The summed E-state index contributed by atoms with van der Waals surface area (Å²) < 4.78 is 32.9. The van der Waals surface area contributed by atoms with Gasteiger partial charge < -0.3 is 20.1 Å². The summed E-state index contributed by atoms with van der Waals surface area (Å²) in [6.45, 7) is 3.77. The minimum Gasteiger partial charge on any atom is -0.462 e. The van der Waals surface area contributed by atoms with Crippen LogP contribution in [0.1, 0.15) is 258 Å². The summed E-state index contributed by atoms with van der Waals surface area (Å²) in [5, 5.41) is 0. The Morgan fingerprint density at radius 1 is 0.492 bits per heavy atom. The third-order valence-corrected chi connectivity index (χ3v) is 12.1. The third-order valence-electron chi connectivity index (χ3n) is 11.2. The lowest BCUT2D eigenvalue weighted by atomic mass is 10.0. The van der Waals surface area contributed by atoms with Crippen molar-refractivity contribution in [2.75, 3.05) is 26.4 Å². The van der Waals surface area contributed by atoms with Crippen LogP contribution in [0.15, 0.2) is 12.2 Å². The van der Waals surface area contributed by atoms with Gasteiger partial charge in [-0.1, -0.05) is 219 Å². The number of rotatable bonds is 48. The van der Waals surface area contributed by atoms with Crippen molar-refractivity contribution in [1.82, 2.24) is 0 Å². The van der Waals surface area contributed by atoms with E-state index < -0.39 is 32.5 Å². The Bertz CT molecular complexity index is 980. The standard InChI is InChI=1S/C49H96NO8P/c1-3-5-7-9-11-13-15-17-19-20-21-22-23-24-25-26-28-30-32-34-36-38-40-42-49(52)58-47(46-57-59(53,54)56-44-43-50)45-55-48(51)41-39-37-35-33-31-29-27-18-16-14-12-10-8-6-4-2/h29,31,47H,3-28,30,32-46,50H2,1-2H3,(H,53,54)/b31-29+/t47-/m1/s1. The van der Waals surface area contributed by atoms with E-state index in [1.807, 2.05) is 0 Å². The summed E-state index contributed by atoms with van der Waals surface area (Å²) in [5.74, 6) is -0.832. The Balaban J connectivity index is 4.00. The first kappa shape index (κ1) is 57.8. The van der Waals surface area contributed by atoms with Gasteiger partial charge in [0.15, 0.2) is 6.10 Å². The van der Waals surface area contributed by atoms with Crippen LogP contribution in [0.5, 0.6) is 0 Å². The highest BCUT2D eigenvalue weighted by Gasteiger charge is 2.26. The first-order valence-corrected chi connectivity index (χ1v) is 26.7. The van der Waals surface area contributed by atoms with Gasteiger partial charge in [-0.3, -0.25) is 18.6 Å². The number of ether oxygens (including phenoxy) is 2. The number of hydrogen-bond donors (Lipinski definition) is 2. The lowest BCUT2D eigenvalue weighted by Gasteiger charge is -2.19. The largest absolute Gasteiger partial charge is 0.472 e. The number of phosphoric ester groups is 1. The maximum atomic E-state index is 12.6. The minimum absolute atomic E-state index is 0.0547. The van der Waals surface area contributed by atoms with E-state index in [0.29, 0.717) is 12.8 Å². The number of carbonyl (C=O) groups is 2. The molecule has 0 saturated carbocycles. The molecule has 0 aliphatic rings. The fourth-order valence-corrected chi connectivity index (χ4v) is 8.16. The van der Waals surface area contributed by atoms with E-state index in [1.165, 1.54) is 180 Å². The molecule has 0 aromatic heterocycles. The molecule has 0 saturated heterocycles. The van der Waals surface area contributed by atoms with Crippen molar-refractivity contribution in [2.24, 2.45) is 5.73 Å². The average Bonchev–Trinajstić information content (AvgIpc) is 3.22. The van der Waals surface area contributed by atoms with E-state index in [-0.39, 0.29) is 32.6 Å². The summed E-state index contributed by atoms with van der Waals surface area (Å²) >= 11 is 0. The van der Waals surface area contributed by atoms with Crippen molar-refractivity contribution in [3.8, 4) is 0 Å². The SMILES string of the molecule is CCCCCCCCCC/C=C/CCCCCC(=O)OC[C@H](COP(=O)(O)OCCN)OC(=O)CCCCCCCCCCCCCCCCCCCCCCCCC. The molecule has 0 spiro atoms. The normalized spacial score (nSPS) is 13.2. The number of nitrogens with two attached hydrogens (primary N) is 1. The molecule has 350 valence electrons. The lowest BCUT2D eigenvalue weighted by Crippen LogP contribution is -2.29. The quantitative estimate of drug-likeness (QED) is 0.0265. The maximum absolute atomic E-state index is 12.6. The molecule has 0 rings (SSSR count). The van der Waals surface area contributed by atoms with Crippen molar-refractivity contribution >= 4 is 19.8 Å². The summed E-state index contributed by atoms with van der Waals surface area (Å²) in [5.41, 5.74) is 5.36. The number of phosphoric acid groups is 1. The Morgan fingerprint density at radius 2 is 0.831 bits per heavy atom. The van der Waals surface area contributed by atoms with Crippen LogP contribution in [-0.2, 0) is 32.7 Å². The van der Waals surface area contributed by atoms with Gasteiger partial charge in [0, 0.05) is 19.4 Å². The minimum atomic E-state index is -4.38. The smallest absolute Gasteiger partial charge is 0.462 e. The second-order valence-electron chi connectivity index (χ2n) is 17.0. The molecule has 0 radical (unpaired) electrons. The van der Waals surface area contributed by atoms with E-state index in [4.69, 9.17) is 24.3 Å². The van der Waals surface area contributed by atoms with Crippen LogP contribution in [0.2, 0.25) is 0 Å². The van der Waals surface area contributed by atoms with E-state index in [1.54, 1.807) is 0 Å². The van der Waals surface area contributed by atoms with Crippen molar-refractivity contribution in [2.45, 2.75) is 264 Å². The van der Waals surface area contributed by atoms with Gasteiger partial charge in [-0.2, -0.15) is 0 Å². The third kappa shape index (κ3) is 46.1. The number of esters is 2. The number of unbranched alkanes of at least 4 members (excludes halogenated alkanes) is 33. The Kier molecular flexibility index (Phi) is 45.3. The summed E-state index contributed by atoms with van der Waals surface area (Å²) in [4.78, 5) is 35.0. The van der Waals surface area contributed by atoms with Gasteiger partial charge in [-0.15, -0.1) is 0 Å². The van der Waals surface area contributed by atoms with Gasteiger partial charge in [-0.25, -0.2) is 4.57 Å². The van der Waals surface area contributed by atoms with Gasteiger partial charge in [0.25, 0.3) is 0 Å². The van der Waals surface area contributed by atoms with Crippen molar-refractivity contribution in [1.29, 1.82) is 0 Å². The summed E-state index contributed by atoms with van der Waals surface area (Å²) in [6, 6.07) is 0. The highest BCUT2D eigenvalue weighted by atomic mass is 31.2. The van der Waals surface area contributed by atoms with Crippen LogP contribution in [0.3, 0.4) is 0 Å². The molecule has 0 fully saturated rings. The first-order chi connectivity index (χ1) is 28.8. The van der Waals surface area contributed by atoms with Crippen LogP contribution in [-0.4, -0.2) is 49.3 Å². The zero-order chi connectivity index (χ0) is 43.2. The molecule has 0 aromatic rings. The molecule has 1 unspecified atom stereocenters. The van der Waals surface area contributed by atoms with Crippen molar-refractivity contribution in [3.05, 3.63) is 12.2 Å². The fourth-order valence-electron chi connectivity index (χ4n) is 7.40. The van der Waals surface area contributed by atoms with E-state index in [9.17, 15) is 19.0 Å². The van der Waals surface area contributed by atoms with Gasteiger partial charge >= 0.3 is 19.8 Å². The Morgan fingerprint density at radius 3 is 1.22 bits per heavy atom. The van der Waals surface area contributed by atoms with Gasteiger partial charge in [0.05, 0.1) is 13.2 Å². The Hall–Kier alpha value is -1.25. The fraction of sp³-hybridized carbons (Fsp3) is 0.918. The molecule has 0 aromatic carbocycles. The number of allylic oxidation sites excluding steroid dienone is 2. The molecule has 0 heterocycles. The van der Waals surface area contributed by atoms with E-state index >= 15 is 0 Å². The average molecular weight is 858 g/mol. The molecular weight excluding hydrogens is 762 g/mol. The Labute approximate surface area is 364 Å². The van der Waals surface area contributed by atoms with E-state index in [0.717, 1.165) is 38.5 Å². The van der Waals surface area contributed by atoms with Crippen LogP contribution >= 0.6 is 7.82 Å². The molecule has 0 aliphatic heterocycles. The predicted octanol–water partition coefficient (Wildman–Crippen LogP) is 15.0. The molecule has 3 N–H and O–H groups in total. The van der Waals surface area contributed by atoms with Crippen LogP contribution in [0.4, 0.5) is 0 Å². The highest BCUT2D eigenvalue weighted by molar-refractivity contribution is 7.47. The lowest BCUT2D eigenvalue weighted by molar-refractivity contribution is -0.161. The molecule has 9 nitrogen and oxygen atoms in total. The maximum Gasteiger partial charge on any atom is 0.472 e. The summed E-state index contributed by atoms with van der Waals surface area (Å²) in [6.07, 6.45) is 49.7. The summed E-state index contributed by atoms with van der Waals surface area (Å²) in [7, 11) is -4.38. The first-order valence-electron chi connectivity index (χ1n) is 25.2. The van der Waals surface area contributed by atoms with Crippen molar-refractivity contribution in [3.63, 3.8) is 0 Å². The van der Waals surface area contributed by atoms with Gasteiger partial charge in [0.2, 0.25) is 0 Å². The molecule has 10 heteroatoms. The number of hydrogen-bond acceptors (Lipinski definition) is 8. The van der Waals surface area contributed by atoms with Crippen LogP contribution < -0.4 is 5.73 Å². The zero-order valence-electron chi connectivity index (χ0n) is 38.8. The topological polar surface area (TPSA) is 134 Å². The highest BCUT2D eigenvalue weighted by Crippen LogP contribution is 2.43. The number of carbonyl (C=O) groups excluding carboxylic acids is 2. The molecule has 59 heavy (non-hydrogen) atoms. The van der Waals surface area contributed by atoms with Crippen LogP contribution in [0, 0.1) is 0 Å². The molecule has 2 atom stereocenters. The van der Waals surface area contributed by atoms with E-state index in [2.05, 4.69) is 26.0 Å². The van der Waals surface area contributed by atoms with Crippen molar-refractivity contribution < 1.29 is 37.6 Å². The van der Waals surface area contributed by atoms with Gasteiger partial charge in [-0.05, 0) is 38.5 Å². The molecule has 0 bridgehead atoms. The zero-order valence-corrected chi connectivity index (χ0v) is 39.7. The molecular formula is C49H96NO8P. The van der Waals surface area contributed by atoms with Gasteiger partial charge in [0.1, 0.15) is 6.61 Å².